The van der Waals surface area contributed by atoms with Crippen LogP contribution in [0.25, 0.3) is 0 Å². The zero-order valence-corrected chi connectivity index (χ0v) is 17.3. The molecule has 1 N–H and O–H groups in total. The van der Waals surface area contributed by atoms with E-state index in [0.29, 0.717) is 65.0 Å². The van der Waals surface area contributed by atoms with Gasteiger partial charge in [0.25, 0.3) is 0 Å². The van der Waals surface area contributed by atoms with Gasteiger partial charge in [-0.25, -0.2) is 17.9 Å². The van der Waals surface area contributed by atoms with Crippen LogP contribution >= 0.6 is 0 Å². The van der Waals surface area contributed by atoms with Gasteiger partial charge in [-0.15, -0.1) is 0 Å². The highest BCUT2D eigenvalue weighted by molar-refractivity contribution is 7.90. The van der Waals surface area contributed by atoms with E-state index in [1.165, 1.54) is 0 Å². The summed E-state index contributed by atoms with van der Waals surface area (Å²) in [5.41, 5.74) is -0.856. The minimum absolute atomic E-state index is 0.203. The van der Waals surface area contributed by atoms with Crippen molar-refractivity contribution in [3.8, 4) is 0 Å². The molecular weight excluding hydrogens is 372 g/mol. The maximum atomic E-state index is 12.6. The van der Waals surface area contributed by atoms with Crippen molar-refractivity contribution < 1.29 is 27.4 Å². The second-order valence-corrected chi connectivity index (χ2v) is 10.8. The van der Waals surface area contributed by atoms with E-state index in [0.717, 1.165) is 0 Å². The minimum atomic E-state index is -3.36. The van der Waals surface area contributed by atoms with Gasteiger partial charge in [-0.05, 0) is 52.9 Å². The number of hydrogen-bond acceptors (Lipinski definition) is 6. The Morgan fingerprint density at radius 3 is 2.41 bits per heavy atom. The zero-order chi connectivity index (χ0) is 19.7. The van der Waals surface area contributed by atoms with Crippen LogP contribution in [-0.2, 0) is 24.2 Å². The third kappa shape index (κ3) is 5.34. The lowest BCUT2D eigenvalue weighted by atomic mass is 9.88. The van der Waals surface area contributed by atoms with Crippen LogP contribution in [0.2, 0.25) is 0 Å². The minimum Gasteiger partial charge on any atom is -0.444 e. The van der Waals surface area contributed by atoms with Crippen molar-refractivity contribution in [2.24, 2.45) is 0 Å². The number of amides is 1. The second kappa shape index (κ2) is 7.85. The number of hydrogen-bond donors (Lipinski definition) is 1. The number of carbonyl (C=O) groups is 1. The average Bonchev–Trinajstić information content (AvgIpc) is 2.96. The zero-order valence-electron chi connectivity index (χ0n) is 16.5. The largest absolute Gasteiger partial charge is 0.444 e. The number of nitrogens with one attached hydrogen (secondary N) is 1. The molecule has 1 unspecified atom stereocenters. The summed E-state index contributed by atoms with van der Waals surface area (Å²) >= 11 is 0. The summed E-state index contributed by atoms with van der Waals surface area (Å²) < 4.78 is 44.7. The van der Waals surface area contributed by atoms with Crippen molar-refractivity contribution in [3.05, 3.63) is 0 Å². The molecule has 0 saturated carbocycles. The van der Waals surface area contributed by atoms with Crippen molar-refractivity contribution in [2.75, 3.05) is 32.9 Å². The molecule has 156 valence electrons. The highest BCUT2D eigenvalue weighted by atomic mass is 32.2. The summed E-state index contributed by atoms with van der Waals surface area (Å²) in [5, 5.41) is -0.378. The Balaban J connectivity index is 1.50. The molecule has 8 nitrogen and oxygen atoms in total. The highest BCUT2D eigenvalue weighted by Gasteiger charge is 2.45. The van der Waals surface area contributed by atoms with Crippen LogP contribution in [-0.4, -0.2) is 74.8 Å². The van der Waals surface area contributed by atoms with Crippen LogP contribution in [0.1, 0.15) is 52.9 Å². The van der Waals surface area contributed by atoms with E-state index >= 15 is 0 Å². The fourth-order valence-corrected chi connectivity index (χ4v) is 5.63. The number of rotatable bonds is 3. The first-order chi connectivity index (χ1) is 12.6. The third-order valence-electron chi connectivity index (χ3n) is 5.47. The molecule has 0 aliphatic carbocycles. The Hall–Kier alpha value is -0.900. The SMILES string of the molecule is CC(C)(C)OC(=O)N1CCC2(CC1)CC(NS(=O)(=O)C1CCOCC1)CO2. The van der Waals surface area contributed by atoms with Gasteiger partial charge in [0.15, 0.2) is 0 Å². The fraction of sp³-hybridized carbons (Fsp3) is 0.944. The van der Waals surface area contributed by atoms with Crippen LogP contribution in [0.15, 0.2) is 0 Å². The summed E-state index contributed by atoms with van der Waals surface area (Å²) in [7, 11) is -3.36. The summed E-state index contributed by atoms with van der Waals surface area (Å²) in [6.45, 7) is 8.06. The van der Waals surface area contributed by atoms with Crippen LogP contribution in [0, 0.1) is 0 Å². The van der Waals surface area contributed by atoms with E-state index in [2.05, 4.69) is 4.72 Å². The van der Waals surface area contributed by atoms with Gasteiger partial charge in [-0.2, -0.15) is 0 Å². The van der Waals surface area contributed by atoms with Gasteiger partial charge in [0.1, 0.15) is 5.60 Å². The number of nitrogens with zero attached hydrogens (tertiary/aromatic N) is 1. The number of likely N-dealkylation sites (tertiary alicyclic amines) is 1. The Labute approximate surface area is 161 Å². The Bertz CT molecular complexity index is 631. The predicted molar refractivity (Wildman–Crippen MR) is 100 cm³/mol. The van der Waals surface area contributed by atoms with E-state index in [-0.39, 0.29) is 23.0 Å². The predicted octanol–water partition coefficient (Wildman–Crippen LogP) is 1.64. The van der Waals surface area contributed by atoms with E-state index in [1.807, 2.05) is 20.8 Å². The Kier molecular flexibility index (Phi) is 6.05. The van der Waals surface area contributed by atoms with E-state index in [9.17, 15) is 13.2 Å². The third-order valence-corrected chi connectivity index (χ3v) is 7.48. The molecule has 3 rings (SSSR count). The van der Waals surface area contributed by atoms with Crippen molar-refractivity contribution >= 4 is 16.1 Å². The van der Waals surface area contributed by atoms with Gasteiger partial charge in [0.05, 0.1) is 17.5 Å². The van der Waals surface area contributed by atoms with Crippen LogP contribution in [0.5, 0.6) is 0 Å². The molecule has 0 aromatic carbocycles. The van der Waals surface area contributed by atoms with Crippen LogP contribution in [0.4, 0.5) is 4.79 Å². The van der Waals surface area contributed by atoms with Crippen molar-refractivity contribution in [1.82, 2.24) is 9.62 Å². The van der Waals surface area contributed by atoms with Gasteiger partial charge < -0.3 is 19.1 Å². The summed E-state index contributed by atoms with van der Waals surface area (Å²) in [6, 6.07) is -0.203. The molecule has 0 bridgehead atoms. The molecule has 3 fully saturated rings. The normalized spacial score (nSPS) is 27.1. The molecule has 1 atom stereocenters. The average molecular weight is 405 g/mol. The Morgan fingerprint density at radius 1 is 1.19 bits per heavy atom. The molecule has 1 spiro atoms. The molecule has 3 aliphatic heterocycles. The molecule has 0 aromatic rings. The molecular formula is C18H32N2O6S. The number of piperidine rings is 1. The van der Waals surface area contributed by atoms with E-state index < -0.39 is 15.6 Å². The van der Waals surface area contributed by atoms with Gasteiger partial charge in [0, 0.05) is 32.3 Å². The molecule has 3 heterocycles. The molecule has 3 aliphatic rings. The van der Waals surface area contributed by atoms with Gasteiger partial charge in [-0.1, -0.05) is 0 Å². The molecule has 9 heteroatoms. The quantitative estimate of drug-likeness (QED) is 0.769. The Morgan fingerprint density at radius 2 is 1.81 bits per heavy atom. The standard InChI is InChI=1S/C18H32N2O6S/c1-17(2,3)26-16(21)20-8-6-18(7-9-20)12-14(13-25-18)19-27(22,23)15-4-10-24-11-5-15/h14-15,19H,4-13H2,1-3H3. The summed E-state index contributed by atoms with van der Waals surface area (Å²) in [5.74, 6) is 0. The maximum absolute atomic E-state index is 12.6. The molecule has 3 saturated heterocycles. The number of sulfonamides is 1. The van der Waals surface area contributed by atoms with E-state index in [4.69, 9.17) is 14.2 Å². The lowest BCUT2D eigenvalue weighted by Gasteiger charge is -2.39. The number of carbonyl (C=O) groups excluding carboxylic acids is 1. The lowest BCUT2D eigenvalue weighted by molar-refractivity contribution is -0.0485. The summed E-state index contributed by atoms with van der Waals surface area (Å²) in [4.78, 5) is 13.9. The van der Waals surface area contributed by atoms with Crippen molar-refractivity contribution in [1.29, 1.82) is 0 Å². The summed E-state index contributed by atoms with van der Waals surface area (Å²) in [6.07, 6.45) is 2.82. The molecule has 0 radical (unpaired) electrons. The lowest BCUT2D eigenvalue weighted by Crippen LogP contribution is -2.48. The maximum Gasteiger partial charge on any atom is 0.410 e. The molecule has 0 aromatic heterocycles. The monoisotopic (exact) mass is 404 g/mol. The second-order valence-electron chi connectivity index (χ2n) is 8.84. The molecule has 27 heavy (non-hydrogen) atoms. The van der Waals surface area contributed by atoms with E-state index in [1.54, 1.807) is 4.90 Å². The van der Waals surface area contributed by atoms with Crippen molar-refractivity contribution in [3.63, 3.8) is 0 Å². The molecule has 1 amide bonds. The smallest absolute Gasteiger partial charge is 0.410 e. The van der Waals surface area contributed by atoms with Crippen molar-refractivity contribution in [2.45, 2.75) is 75.4 Å². The fourth-order valence-electron chi connectivity index (χ4n) is 4.01. The topological polar surface area (TPSA) is 94.2 Å². The first-order valence-electron chi connectivity index (χ1n) is 9.79. The first-order valence-corrected chi connectivity index (χ1v) is 11.3. The van der Waals surface area contributed by atoms with Gasteiger partial charge >= 0.3 is 6.09 Å². The number of ether oxygens (including phenoxy) is 3. The van der Waals surface area contributed by atoms with Crippen LogP contribution in [0.3, 0.4) is 0 Å². The van der Waals surface area contributed by atoms with Crippen LogP contribution < -0.4 is 4.72 Å². The van der Waals surface area contributed by atoms with Gasteiger partial charge in [0.2, 0.25) is 10.0 Å². The highest BCUT2D eigenvalue weighted by Crippen LogP contribution is 2.36. The van der Waals surface area contributed by atoms with Gasteiger partial charge in [-0.3, -0.25) is 0 Å². The first kappa shape index (κ1) is 20.8.